The zero-order valence-electron chi connectivity index (χ0n) is 9.38. The Hall–Kier alpha value is -1.36. The van der Waals surface area contributed by atoms with E-state index in [1.165, 1.54) is 0 Å². The summed E-state index contributed by atoms with van der Waals surface area (Å²) in [6.45, 7) is 0.0259. The minimum Gasteiger partial charge on any atom is -0.364 e. The maximum atomic E-state index is 11.7. The van der Waals surface area contributed by atoms with Crippen molar-refractivity contribution in [3.63, 3.8) is 0 Å². The standard InChI is InChI=1S/C12H13F3O2/c1-9-2-4-10(5-3-9)6-11(16)7-17-8-12(13,14)15/h2-5H,6-8H2,1H3. The van der Waals surface area contributed by atoms with Crippen LogP contribution in [0.1, 0.15) is 11.1 Å². The highest BCUT2D eigenvalue weighted by Gasteiger charge is 2.27. The molecule has 1 aromatic carbocycles. The summed E-state index contributed by atoms with van der Waals surface area (Å²) in [5.74, 6) is -0.363. The van der Waals surface area contributed by atoms with Gasteiger partial charge < -0.3 is 4.74 Å². The number of rotatable bonds is 5. The van der Waals surface area contributed by atoms with E-state index in [0.29, 0.717) is 0 Å². The van der Waals surface area contributed by atoms with Crippen LogP contribution in [0.4, 0.5) is 13.2 Å². The summed E-state index contributed by atoms with van der Waals surface area (Å²) in [6.07, 6.45) is -4.29. The third kappa shape index (κ3) is 6.06. The second kappa shape index (κ2) is 5.82. The van der Waals surface area contributed by atoms with Gasteiger partial charge in [0.05, 0.1) is 0 Å². The third-order valence-corrected chi connectivity index (χ3v) is 2.05. The van der Waals surface area contributed by atoms with Crippen molar-refractivity contribution in [3.8, 4) is 0 Å². The minimum absolute atomic E-state index is 0.0954. The van der Waals surface area contributed by atoms with Gasteiger partial charge in [0.1, 0.15) is 13.2 Å². The maximum absolute atomic E-state index is 11.7. The molecule has 0 N–H and O–H groups in total. The molecule has 1 aromatic rings. The largest absolute Gasteiger partial charge is 0.411 e. The van der Waals surface area contributed by atoms with Crippen molar-refractivity contribution in [1.82, 2.24) is 0 Å². The van der Waals surface area contributed by atoms with Gasteiger partial charge in [-0.2, -0.15) is 13.2 Å². The van der Waals surface area contributed by atoms with Crippen LogP contribution in [0.5, 0.6) is 0 Å². The molecular weight excluding hydrogens is 233 g/mol. The van der Waals surface area contributed by atoms with Gasteiger partial charge in [-0.05, 0) is 12.5 Å². The molecule has 0 aliphatic rings. The molecule has 2 nitrogen and oxygen atoms in total. The van der Waals surface area contributed by atoms with E-state index >= 15 is 0 Å². The Labute approximate surface area is 97.4 Å². The average molecular weight is 246 g/mol. The molecule has 0 aromatic heterocycles. The molecule has 0 heterocycles. The molecule has 0 bridgehead atoms. The average Bonchev–Trinajstić information content (AvgIpc) is 2.19. The van der Waals surface area contributed by atoms with Gasteiger partial charge >= 0.3 is 6.18 Å². The third-order valence-electron chi connectivity index (χ3n) is 2.05. The Kier molecular flexibility index (Phi) is 4.69. The SMILES string of the molecule is Cc1ccc(CC(=O)COCC(F)(F)F)cc1. The van der Waals surface area contributed by atoms with E-state index in [1.807, 2.05) is 19.1 Å². The van der Waals surface area contributed by atoms with Crippen LogP contribution < -0.4 is 0 Å². The Morgan fingerprint density at radius 3 is 2.35 bits per heavy atom. The summed E-state index contributed by atoms with van der Waals surface area (Å²) in [5, 5.41) is 0. The first-order valence-corrected chi connectivity index (χ1v) is 5.08. The molecule has 0 aliphatic carbocycles. The lowest BCUT2D eigenvalue weighted by Crippen LogP contribution is -2.21. The lowest BCUT2D eigenvalue weighted by atomic mass is 10.1. The first-order chi connectivity index (χ1) is 7.87. The van der Waals surface area contributed by atoms with Crippen molar-refractivity contribution in [2.24, 2.45) is 0 Å². The fourth-order valence-electron chi connectivity index (χ4n) is 1.27. The minimum atomic E-state index is -4.38. The van der Waals surface area contributed by atoms with Crippen molar-refractivity contribution in [1.29, 1.82) is 0 Å². The second-order valence-electron chi connectivity index (χ2n) is 3.81. The lowest BCUT2D eigenvalue weighted by Gasteiger charge is -2.07. The van der Waals surface area contributed by atoms with Gasteiger partial charge in [-0.1, -0.05) is 29.8 Å². The lowest BCUT2D eigenvalue weighted by molar-refractivity contribution is -0.175. The van der Waals surface area contributed by atoms with E-state index in [-0.39, 0.29) is 12.2 Å². The highest BCUT2D eigenvalue weighted by Crippen LogP contribution is 2.14. The topological polar surface area (TPSA) is 26.3 Å². The second-order valence-corrected chi connectivity index (χ2v) is 3.81. The van der Waals surface area contributed by atoms with E-state index < -0.39 is 19.4 Å². The molecule has 1 rings (SSSR count). The molecule has 0 unspecified atom stereocenters. The quantitative estimate of drug-likeness (QED) is 0.798. The smallest absolute Gasteiger partial charge is 0.364 e. The van der Waals surface area contributed by atoms with E-state index in [2.05, 4.69) is 4.74 Å². The zero-order chi connectivity index (χ0) is 12.9. The van der Waals surface area contributed by atoms with E-state index in [0.717, 1.165) is 11.1 Å². The molecule has 5 heteroatoms. The van der Waals surface area contributed by atoms with Gasteiger partial charge in [-0.15, -0.1) is 0 Å². The summed E-state index contributed by atoms with van der Waals surface area (Å²) in [4.78, 5) is 11.3. The van der Waals surface area contributed by atoms with Gasteiger partial charge in [0.25, 0.3) is 0 Å². The van der Waals surface area contributed by atoms with Crippen LogP contribution in [0.3, 0.4) is 0 Å². The van der Waals surface area contributed by atoms with Crippen LogP contribution in [0.15, 0.2) is 24.3 Å². The molecule has 0 amide bonds. The molecular formula is C12H13F3O2. The molecule has 0 fully saturated rings. The van der Waals surface area contributed by atoms with Crippen LogP contribution in [0, 0.1) is 6.92 Å². The summed E-state index contributed by atoms with van der Waals surface area (Å²) in [7, 11) is 0. The van der Waals surface area contributed by atoms with Crippen LogP contribution in [-0.4, -0.2) is 25.2 Å². The van der Waals surface area contributed by atoms with Gasteiger partial charge in [0, 0.05) is 6.42 Å². The van der Waals surface area contributed by atoms with Crippen molar-refractivity contribution in [2.45, 2.75) is 19.5 Å². The number of hydrogen-bond acceptors (Lipinski definition) is 2. The van der Waals surface area contributed by atoms with Gasteiger partial charge in [-0.25, -0.2) is 0 Å². The van der Waals surface area contributed by atoms with Crippen LogP contribution in [0.2, 0.25) is 0 Å². The number of hydrogen-bond donors (Lipinski definition) is 0. The molecule has 0 saturated carbocycles. The van der Waals surface area contributed by atoms with Crippen molar-refractivity contribution < 1.29 is 22.7 Å². The zero-order valence-corrected chi connectivity index (χ0v) is 9.38. The monoisotopic (exact) mass is 246 g/mol. The number of benzene rings is 1. The van der Waals surface area contributed by atoms with Crippen molar-refractivity contribution in [3.05, 3.63) is 35.4 Å². The summed E-state index contributed by atoms with van der Waals surface area (Å²) < 4.78 is 39.5. The Morgan fingerprint density at radius 2 is 1.82 bits per heavy atom. The number of carbonyl (C=O) groups is 1. The molecule has 0 radical (unpaired) electrons. The number of aryl methyl sites for hydroxylation is 1. The highest BCUT2D eigenvalue weighted by atomic mass is 19.4. The molecule has 0 aliphatic heterocycles. The first-order valence-electron chi connectivity index (χ1n) is 5.08. The van der Waals surface area contributed by atoms with Gasteiger partial charge in [0.2, 0.25) is 0 Å². The van der Waals surface area contributed by atoms with Crippen LogP contribution in [-0.2, 0) is 16.0 Å². The van der Waals surface area contributed by atoms with E-state index in [1.54, 1.807) is 12.1 Å². The molecule has 94 valence electrons. The Morgan fingerprint density at radius 1 is 1.24 bits per heavy atom. The first kappa shape index (κ1) is 13.7. The summed E-state index contributed by atoms with van der Waals surface area (Å²) in [6, 6.07) is 7.24. The number of ketones is 1. The molecule has 0 atom stereocenters. The Balaban J connectivity index is 2.32. The normalized spacial score (nSPS) is 11.5. The molecule has 0 saturated heterocycles. The fourth-order valence-corrected chi connectivity index (χ4v) is 1.27. The summed E-state index contributed by atoms with van der Waals surface area (Å²) in [5.41, 5.74) is 1.84. The fraction of sp³-hybridized carbons (Fsp3) is 0.417. The van der Waals surface area contributed by atoms with E-state index in [4.69, 9.17) is 0 Å². The van der Waals surface area contributed by atoms with Crippen molar-refractivity contribution in [2.75, 3.05) is 13.2 Å². The number of carbonyl (C=O) groups excluding carboxylic acids is 1. The Bertz CT molecular complexity index is 368. The molecule has 17 heavy (non-hydrogen) atoms. The number of Topliss-reactive ketones (excluding diaryl/α,β-unsaturated/α-hetero) is 1. The number of alkyl halides is 3. The van der Waals surface area contributed by atoms with Gasteiger partial charge in [-0.3, -0.25) is 4.79 Å². The van der Waals surface area contributed by atoms with E-state index in [9.17, 15) is 18.0 Å². The number of halogens is 3. The van der Waals surface area contributed by atoms with Crippen LogP contribution >= 0.6 is 0 Å². The highest BCUT2D eigenvalue weighted by molar-refractivity contribution is 5.82. The predicted molar refractivity (Wildman–Crippen MR) is 56.8 cm³/mol. The summed E-state index contributed by atoms with van der Waals surface area (Å²) >= 11 is 0. The maximum Gasteiger partial charge on any atom is 0.411 e. The predicted octanol–water partition coefficient (Wildman–Crippen LogP) is 2.69. The molecule has 0 spiro atoms. The van der Waals surface area contributed by atoms with Crippen molar-refractivity contribution >= 4 is 5.78 Å². The van der Waals surface area contributed by atoms with Crippen LogP contribution in [0.25, 0.3) is 0 Å². The number of ether oxygens (including phenoxy) is 1. The van der Waals surface area contributed by atoms with Gasteiger partial charge in [0.15, 0.2) is 5.78 Å².